The van der Waals surface area contributed by atoms with Crippen LogP contribution in [0.3, 0.4) is 0 Å². The van der Waals surface area contributed by atoms with Gasteiger partial charge in [0.1, 0.15) is 55.7 Å². The molecule has 44 heteroatoms. The highest BCUT2D eigenvalue weighted by Gasteiger charge is 2.37. The first-order valence-electron chi connectivity index (χ1n) is 34.8. The van der Waals surface area contributed by atoms with Crippen molar-refractivity contribution in [2.24, 2.45) is 17.8 Å². The SMILES string of the molecule is CC(C)(Nc1ccnc(-c2ccc3nc(N)sc3c2)n1)C(=O)NCC(F)(F)F.CC(C)[C@@H](Nc1nc(-c2ccc3c(c2)OCO3)ncc1F)C(=O)NCC(F)(F)F.CC(C)[C@@H](Nc1nc(-c2ccc3nc(N)sc3c2)ncc1F)C(=O)NCC(F)(F)F.CC(C)[C@@H](Nc1nc(-c2ccc3ncccc3c2)ncc1F)C(=O)NCC(F)(F)F.[HH].[HH].[HH].[HH].[HH].[HH].[HH].[HH].[HH].[HH]. The Morgan fingerprint density at radius 2 is 0.821 bits per heavy atom. The molecule has 1 aliphatic rings. The van der Waals surface area contributed by atoms with Gasteiger partial charge in [0, 0.05) is 54.3 Å². The van der Waals surface area contributed by atoms with Gasteiger partial charge in [-0.15, -0.1) is 0 Å². The van der Waals surface area contributed by atoms with E-state index in [-0.39, 0.29) is 56.0 Å². The number of aromatic nitrogens is 11. The number of fused-ring (bicyclic) bond motifs is 4. The minimum absolute atomic E-state index is 0. The van der Waals surface area contributed by atoms with Crippen molar-refractivity contribution in [3.63, 3.8) is 0 Å². The Hall–Kier alpha value is -12.4. The fourth-order valence-corrected chi connectivity index (χ4v) is 12.1. The summed E-state index contributed by atoms with van der Waals surface area (Å²) in [5.74, 6) is -5.95. The Morgan fingerprint density at radius 3 is 1.24 bits per heavy atom. The van der Waals surface area contributed by atoms with Gasteiger partial charge in [0.25, 0.3) is 0 Å². The maximum absolute atomic E-state index is 14.3. The molecule has 7 aromatic heterocycles. The van der Waals surface area contributed by atoms with Crippen LogP contribution in [0, 0.1) is 35.2 Å². The van der Waals surface area contributed by atoms with E-state index in [2.05, 4.69) is 76.1 Å². The van der Waals surface area contributed by atoms with Gasteiger partial charge >= 0.3 is 24.7 Å². The van der Waals surface area contributed by atoms with E-state index >= 15 is 0 Å². The number of nitrogens with one attached hydrogen (secondary N) is 8. The average Bonchev–Trinajstić information content (AvgIpc) is 1.74. The van der Waals surface area contributed by atoms with E-state index in [1.54, 1.807) is 131 Å². The molecule has 0 radical (unpaired) electrons. The molecule has 4 aromatic carbocycles. The summed E-state index contributed by atoms with van der Waals surface area (Å²) >= 11 is 2.61. The van der Waals surface area contributed by atoms with Gasteiger partial charge in [-0.05, 0) is 117 Å². The first-order chi connectivity index (χ1) is 54.8. The van der Waals surface area contributed by atoms with Gasteiger partial charge < -0.3 is 63.5 Å². The molecule has 12 rings (SSSR count). The predicted octanol–water partition coefficient (Wildman–Crippen LogP) is 16.3. The number of rotatable bonds is 23. The standard InChI is InChI=1S/C20H19F4N5O.C18H18F4N6OS.C18H18F4N4O3.C17H17F3N6OS.10H2/c1-11(2)16(19(30)27-10-20(22,23)24)28-18-14(21)9-26-17(29-18)13-5-6-15-12(8-13)4-3-7-25-15;1-8(2)13(16(29)25-7-18(20,21)22)27-15-10(19)6-24-14(28-15)9-3-4-11-12(5-9)30-17(23)26-11;1-9(2)14(17(27)24-7-18(20,21)22)25-16-11(19)6-23-15(26-16)10-3-4-12-13(5-10)29-8-28-12;1-16(2,14(27)23-8-17(18,19)20)26-12-5-6-22-13(25-12)9-3-4-10-11(7-9)28-15(21)24-10;;;;;;;;;;/h3-9,11,16H,10H2,1-2H3,(H,27,30)(H,26,28,29);3-6,8,13H,7H2,1-2H3,(H2,23,26)(H,25,29)(H,24,27,28);3-6,9,14H,7-8H2,1-2H3,(H,24,27)(H,23,25,26);3-7H,8H2,1-2H3,(H2,21,24)(H,23,27)(H,22,25,26);10*1H/t16-;13-;14-;;;;;;;;;;;/m111.........../s1. The number of carbonyl (C=O) groups is 4. The molecular weight excluding hydrogens is 1620 g/mol. The van der Waals surface area contributed by atoms with Crippen LogP contribution in [-0.4, -0.2) is 160 Å². The fraction of sp³-hybridized carbons (Fsp3) is 0.329. The molecule has 12 N–H and O–H groups in total. The molecule has 0 fully saturated rings. The highest BCUT2D eigenvalue weighted by Crippen LogP contribution is 2.37. The van der Waals surface area contributed by atoms with Crippen molar-refractivity contribution in [3.05, 3.63) is 139 Å². The lowest BCUT2D eigenvalue weighted by molar-refractivity contribution is -0.140. The summed E-state index contributed by atoms with van der Waals surface area (Å²) in [6, 6.07) is 22.6. The van der Waals surface area contributed by atoms with Crippen LogP contribution in [0.25, 0.3) is 76.9 Å². The van der Waals surface area contributed by atoms with Gasteiger partial charge in [-0.1, -0.05) is 70.3 Å². The molecule has 3 atom stereocenters. The predicted molar refractivity (Wildman–Crippen MR) is 428 cm³/mol. The second-order valence-corrected chi connectivity index (χ2v) is 29.2. The monoisotopic (exact) mass is 1710 g/mol. The number of nitrogens with zero attached hydrogens (tertiary/aromatic N) is 11. The van der Waals surface area contributed by atoms with E-state index in [1.807, 2.05) is 22.8 Å². The third-order valence-electron chi connectivity index (χ3n) is 16.3. The van der Waals surface area contributed by atoms with Crippen molar-refractivity contribution in [1.82, 2.24) is 76.1 Å². The van der Waals surface area contributed by atoms with Crippen LogP contribution in [-0.2, 0) is 19.2 Å². The van der Waals surface area contributed by atoms with Crippen molar-refractivity contribution < 1.29 is 109 Å². The minimum Gasteiger partial charge on any atom is -0.454 e. The number of hydrogen-bond donors (Lipinski definition) is 10. The number of amides is 4. The molecule has 0 saturated heterocycles. The highest BCUT2D eigenvalue weighted by atomic mass is 32.1. The lowest BCUT2D eigenvalue weighted by Gasteiger charge is -2.26. The van der Waals surface area contributed by atoms with Crippen LogP contribution in [0.2, 0.25) is 0 Å². The van der Waals surface area contributed by atoms with Gasteiger partial charge in [-0.3, -0.25) is 24.2 Å². The van der Waals surface area contributed by atoms with E-state index in [0.29, 0.717) is 55.6 Å². The zero-order valence-corrected chi connectivity index (χ0v) is 64.2. The van der Waals surface area contributed by atoms with Crippen LogP contribution in [0.4, 0.5) is 99.4 Å². The summed E-state index contributed by atoms with van der Waals surface area (Å²) in [7, 11) is 0. The zero-order chi connectivity index (χ0) is 85.6. The largest absolute Gasteiger partial charge is 0.454 e. The number of pyridine rings is 1. The van der Waals surface area contributed by atoms with Crippen LogP contribution < -0.4 is 63.5 Å². The topological polar surface area (TPSA) is 377 Å². The first-order valence-corrected chi connectivity index (χ1v) is 36.4. The summed E-state index contributed by atoms with van der Waals surface area (Å²) in [5, 5.41) is 19.6. The molecule has 0 aliphatic carbocycles. The number of ether oxygens (including phenoxy) is 2. The molecule has 1 aliphatic heterocycles. The third kappa shape index (κ3) is 25.6. The van der Waals surface area contributed by atoms with Crippen molar-refractivity contribution in [2.75, 3.05) is 65.7 Å². The van der Waals surface area contributed by atoms with Crippen molar-refractivity contribution in [1.29, 1.82) is 0 Å². The number of nitrogens with two attached hydrogens (primary N) is 2. The van der Waals surface area contributed by atoms with E-state index in [0.717, 1.165) is 50.0 Å². The quantitative estimate of drug-likeness (QED) is 0.0266. The summed E-state index contributed by atoms with van der Waals surface area (Å²) in [6.07, 6.45) is -12.2. The van der Waals surface area contributed by atoms with E-state index in [1.165, 1.54) is 48.8 Å². The number of thiazole rings is 2. The molecule has 0 saturated carbocycles. The smallest absolute Gasteiger partial charge is 0.405 e. The Kier molecular flexibility index (Phi) is 28.4. The number of nitrogen functional groups attached to an aromatic ring is 2. The molecule has 4 amide bonds. The number of halogens is 15. The highest BCUT2D eigenvalue weighted by molar-refractivity contribution is 7.22. The average molecular weight is 1710 g/mol. The molecule has 0 bridgehead atoms. The minimum atomic E-state index is -4.55. The van der Waals surface area contributed by atoms with E-state index < -0.39 is 133 Å². The molecule has 11 aromatic rings. The first kappa shape index (κ1) is 88.6. The van der Waals surface area contributed by atoms with Crippen LogP contribution in [0.5, 0.6) is 11.5 Å². The van der Waals surface area contributed by atoms with Crippen molar-refractivity contribution in [2.45, 2.75) is 104 Å². The molecular formula is C73H92F15N21O6S2. The molecule has 642 valence electrons. The maximum atomic E-state index is 14.3. The maximum Gasteiger partial charge on any atom is 0.405 e. The number of hydrogen-bond acceptors (Lipinski definition) is 25. The number of benzene rings is 4. The van der Waals surface area contributed by atoms with Crippen molar-refractivity contribution >= 4 is 111 Å². The van der Waals surface area contributed by atoms with Crippen LogP contribution in [0.15, 0.2) is 122 Å². The molecule has 0 unspecified atom stereocenters. The zero-order valence-electron chi connectivity index (χ0n) is 62.6. The lowest BCUT2D eigenvalue weighted by atomic mass is 10.0. The third-order valence-corrected chi connectivity index (χ3v) is 18.0. The number of alkyl halides is 12. The lowest BCUT2D eigenvalue weighted by Crippen LogP contribution is -2.50. The summed E-state index contributed by atoms with van der Waals surface area (Å²) in [6.45, 7) is 6.90. The Bertz CT molecular complexity index is 5400. The van der Waals surface area contributed by atoms with Gasteiger partial charge in [-0.25, -0.2) is 63.0 Å². The Morgan fingerprint density at radius 1 is 0.444 bits per heavy atom. The van der Waals surface area contributed by atoms with Gasteiger partial charge in [0.05, 0.1) is 44.5 Å². The Balaban J connectivity index is 0. The fourth-order valence-electron chi connectivity index (χ4n) is 10.5. The number of anilines is 6. The summed E-state index contributed by atoms with van der Waals surface area (Å²) in [4.78, 5) is 94.0. The van der Waals surface area contributed by atoms with Gasteiger partial charge in [0.15, 0.2) is 80.0 Å². The second kappa shape index (κ2) is 37.5. The molecule has 0 spiro atoms. The normalized spacial score (nSPS) is 13.0. The van der Waals surface area contributed by atoms with Crippen LogP contribution >= 0.6 is 22.7 Å². The van der Waals surface area contributed by atoms with Crippen molar-refractivity contribution in [3.8, 4) is 57.1 Å². The Labute approximate surface area is 677 Å². The van der Waals surface area contributed by atoms with Gasteiger partial charge in [-0.2, -0.15) is 52.7 Å². The summed E-state index contributed by atoms with van der Waals surface area (Å²) < 4.78 is 203. The second-order valence-electron chi connectivity index (χ2n) is 27.0. The van der Waals surface area contributed by atoms with E-state index in [4.69, 9.17) is 20.9 Å². The molecule has 27 nitrogen and oxygen atoms in total. The molecule has 117 heavy (non-hydrogen) atoms. The van der Waals surface area contributed by atoms with E-state index in [9.17, 15) is 85.0 Å². The summed E-state index contributed by atoms with van der Waals surface area (Å²) in [5.41, 5.74) is 14.7. The van der Waals surface area contributed by atoms with Crippen LogP contribution in [0.1, 0.15) is 69.7 Å². The van der Waals surface area contributed by atoms with Gasteiger partial charge in [0.2, 0.25) is 30.4 Å². The number of carbonyl (C=O) groups excluding carboxylic acids is 4. The molecule has 8 heterocycles.